The molecular weight excluding hydrogens is 785 g/mol. The molecule has 5 heteroatoms. The number of hydrogen-bond donors (Lipinski definition) is 2. The monoisotopic (exact) mass is 880 g/mol. The van der Waals surface area contributed by atoms with Gasteiger partial charge in [-0.3, -0.25) is 0 Å². The highest BCUT2D eigenvalue weighted by molar-refractivity contribution is 5.70. The second kappa shape index (κ2) is 33.3. The van der Waals surface area contributed by atoms with Gasteiger partial charge in [-0.15, -0.1) is 4.65 Å². The summed E-state index contributed by atoms with van der Waals surface area (Å²) in [6, 6.07) is 16.7. The molecule has 5 nitrogen and oxygen atoms in total. The highest BCUT2D eigenvalue weighted by Crippen LogP contribution is 2.45. The van der Waals surface area contributed by atoms with Crippen LogP contribution in [0.1, 0.15) is 243 Å². The standard InChI is InChI=1S/C59H95N2O3/c1-4-6-8-10-12-14-16-18-20-22-24-26-28-30-32-36-47-61(63,48-37-33-31-29-27-25-23-21-19-17-15-13-11-9-7-5-2)58(62)50-64-54-45-43-52(44-46-54)49-53-39-38-42-57-59(53)51(3)55-40-34-35-41-56(55)60-57/h34-35,38-46,49,51,59-60,63H,4-33,36-37,47-48,50H2,1-3H3/q+1. The normalized spacial score (nSPS) is 16.4. The number of carbonyl (C=O) groups excluding carboxylic acids is 1. The van der Waals surface area contributed by atoms with E-state index in [1.807, 2.05) is 12.1 Å². The van der Waals surface area contributed by atoms with Crippen LogP contribution in [0.2, 0.25) is 0 Å². The summed E-state index contributed by atoms with van der Waals surface area (Å²) in [6.07, 6.45) is 50.8. The molecule has 0 aromatic heterocycles. The number of hydroxylamine groups is 3. The van der Waals surface area contributed by atoms with Gasteiger partial charge in [-0.05, 0) is 72.6 Å². The quantitative estimate of drug-likeness (QED) is 0.0305. The van der Waals surface area contributed by atoms with Crippen molar-refractivity contribution in [3.63, 3.8) is 0 Å². The van der Waals surface area contributed by atoms with Crippen molar-refractivity contribution >= 4 is 17.7 Å². The Hall–Kier alpha value is -3.15. The van der Waals surface area contributed by atoms with Crippen LogP contribution in [0.25, 0.3) is 6.08 Å². The molecule has 358 valence electrons. The number of carbonyl (C=O) groups is 1. The molecule has 2 aromatic rings. The lowest BCUT2D eigenvalue weighted by molar-refractivity contribution is -1.04. The van der Waals surface area contributed by atoms with Gasteiger partial charge in [0.1, 0.15) is 18.8 Å². The van der Waals surface area contributed by atoms with E-state index in [9.17, 15) is 10.0 Å². The Morgan fingerprint density at radius 1 is 0.594 bits per heavy atom. The average Bonchev–Trinajstić information content (AvgIpc) is 3.31. The second-order valence-electron chi connectivity index (χ2n) is 19.8. The zero-order valence-electron chi connectivity index (χ0n) is 41.5. The number of unbranched alkanes of at least 4 members (excludes halogenated alkanes) is 30. The maximum absolute atomic E-state index is 13.8. The summed E-state index contributed by atoms with van der Waals surface area (Å²) in [6.45, 7) is 7.75. The number of para-hydroxylation sites is 1. The molecule has 2 atom stereocenters. The van der Waals surface area contributed by atoms with Crippen LogP contribution in [-0.4, -0.2) is 35.5 Å². The third-order valence-electron chi connectivity index (χ3n) is 14.3. The Labute approximate surface area is 393 Å². The first-order chi connectivity index (χ1) is 31.4. The third kappa shape index (κ3) is 21.0. The van der Waals surface area contributed by atoms with Crippen LogP contribution in [0.5, 0.6) is 5.75 Å². The lowest BCUT2D eigenvalue weighted by atomic mass is 9.74. The molecule has 4 rings (SSSR count). The molecule has 2 aliphatic rings. The van der Waals surface area contributed by atoms with Gasteiger partial charge in [0, 0.05) is 17.3 Å². The third-order valence-corrected chi connectivity index (χ3v) is 14.3. The summed E-state index contributed by atoms with van der Waals surface area (Å²) < 4.78 is 5.59. The number of quaternary nitrogens is 1. The van der Waals surface area contributed by atoms with Gasteiger partial charge in [-0.25, -0.2) is 10.0 Å². The van der Waals surface area contributed by atoms with E-state index < -0.39 is 4.65 Å². The predicted molar refractivity (Wildman–Crippen MR) is 275 cm³/mol. The maximum Gasteiger partial charge on any atom is 0.383 e. The number of ether oxygens (including phenoxy) is 1. The fourth-order valence-corrected chi connectivity index (χ4v) is 10.1. The number of fused-ring (bicyclic) bond motifs is 2. The average molecular weight is 880 g/mol. The largest absolute Gasteiger partial charge is 0.479 e. The molecule has 0 saturated carbocycles. The molecule has 1 aliphatic carbocycles. The number of rotatable bonds is 38. The second-order valence-corrected chi connectivity index (χ2v) is 19.8. The molecule has 0 radical (unpaired) electrons. The smallest absolute Gasteiger partial charge is 0.383 e. The molecule has 1 amide bonds. The topological polar surface area (TPSA) is 58.6 Å². The van der Waals surface area contributed by atoms with E-state index in [1.54, 1.807) is 0 Å². The Morgan fingerprint density at radius 3 is 1.47 bits per heavy atom. The zero-order valence-corrected chi connectivity index (χ0v) is 41.5. The number of benzene rings is 2. The number of nitrogens with one attached hydrogen (secondary N) is 1. The van der Waals surface area contributed by atoms with Gasteiger partial charge in [0.05, 0.1) is 0 Å². The Balaban J connectivity index is 1.16. The molecule has 0 saturated heterocycles. The minimum atomic E-state index is -0.500. The van der Waals surface area contributed by atoms with Gasteiger partial charge >= 0.3 is 5.91 Å². The van der Waals surface area contributed by atoms with Crippen molar-refractivity contribution < 1.29 is 19.4 Å². The van der Waals surface area contributed by atoms with E-state index in [2.05, 4.69) is 86.8 Å². The van der Waals surface area contributed by atoms with Gasteiger partial charge in [0.25, 0.3) is 0 Å². The summed E-state index contributed by atoms with van der Waals surface area (Å²) in [7, 11) is 0. The first-order valence-corrected chi connectivity index (χ1v) is 27.3. The van der Waals surface area contributed by atoms with E-state index >= 15 is 0 Å². The molecule has 0 bridgehead atoms. The first kappa shape index (κ1) is 53.5. The number of allylic oxidation sites excluding steroid dienone is 4. The SMILES string of the molecule is CCCCCCCCCCCCCCCCCC[N+](O)(CCCCCCCCCCCCCCCCCC)C(=O)COc1ccc(C=C2C=CC=C3Nc4ccccc4C(C)C23)cc1. The van der Waals surface area contributed by atoms with Crippen LogP contribution in [-0.2, 0) is 4.79 Å². The van der Waals surface area contributed by atoms with Crippen LogP contribution < -0.4 is 10.1 Å². The van der Waals surface area contributed by atoms with Gasteiger partial charge in [0.2, 0.25) is 6.61 Å². The van der Waals surface area contributed by atoms with Crippen molar-refractivity contribution in [2.45, 2.75) is 232 Å². The molecule has 2 N–H and O–H groups in total. The highest BCUT2D eigenvalue weighted by atomic mass is 16.6. The molecule has 2 aromatic carbocycles. The minimum Gasteiger partial charge on any atom is -0.479 e. The fraction of sp³-hybridized carbons (Fsp3) is 0.678. The van der Waals surface area contributed by atoms with Crippen molar-refractivity contribution in [2.24, 2.45) is 5.92 Å². The van der Waals surface area contributed by atoms with Gasteiger partial charge in [-0.2, -0.15) is 0 Å². The van der Waals surface area contributed by atoms with Gasteiger partial charge in [0.15, 0.2) is 0 Å². The number of amides is 1. The van der Waals surface area contributed by atoms with E-state index in [4.69, 9.17) is 4.74 Å². The lowest BCUT2D eigenvalue weighted by Gasteiger charge is -2.37. The van der Waals surface area contributed by atoms with E-state index in [0.29, 0.717) is 24.8 Å². The van der Waals surface area contributed by atoms with Crippen LogP contribution >= 0.6 is 0 Å². The number of anilines is 1. The Bertz CT molecular complexity index is 1570. The van der Waals surface area contributed by atoms with Crippen molar-refractivity contribution in [2.75, 3.05) is 25.0 Å². The number of hydrogen-bond acceptors (Lipinski definition) is 4. The summed E-state index contributed by atoms with van der Waals surface area (Å²) >= 11 is 0. The number of nitrogens with zero attached hydrogens (tertiary/aromatic N) is 1. The molecule has 64 heavy (non-hydrogen) atoms. The van der Waals surface area contributed by atoms with Crippen molar-refractivity contribution in [3.05, 3.63) is 89.2 Å². The molecular formula is C59H95N2O3+. The van der Waals surface area contributed by atoms with E-state index in [-0.39, 0.29) is 18.4 Å². The summed E-state index contributed by atoms with van der Waals surface area (Å²) in [5.74, 6) is 1.07. The van der Waals surface area contributed by atoms with Crippen molar-refractivity contribution in [3.8, 4) is 5.75 Å². The summed E-state index contributed by atoms with van der Waals surface area (Å²) in [5.41, 5.74) is 6.17. The maximum atomic E-state index is 13.8. The summed E-state index contributed by atoms with van der Waals surface area (Å²) in [4.78, 5) is 13.8. The minimum absolute atomic E-state index is 0.115. The van der Waals surface area contributed by atoms with Crippen LogP contribution in [0.15, 0.2) is 78.0 Å². The van der Waals surface area contributed by atoms with E-state index in [1.165, 1.54) is 202 Å². The van der Waals surface area contributed by atoms with Crippen molar-refractivity contribution in [1.29, 1.82) is 0 Å². The van der Waals surface area contributed by atoms with Crippen LogP contribution in [0.3, 0.4) is 0 Å². The van der Waals surface area contributed by atoms with Crippen LogP contribution in [0, 0.1) is 5.92 Å². The molecule has 0 spiro atoms. The zero-order chi connectivity index (χ0) is 45.3. The van der Waals surface area contributed by atoms with Gasteiger partial charge < -0.3 is 10.1 Å². The Kier molecular flexibility index (Phi) is 27.9. The van der Waals surface area contributed by atoms with Gasteiger partial charge in [-0.1, -0.05) is 249 Å². The fourth-order valence-electron chi connectivity index (χ4n) is 10.1. The molecule has 0 fully saturated rings. The van der Waals surface area contributed by atoms with Crippen molar-refractivity contribution in [1.82, 2.24) is 0 Å². The highest BCUT2D eigenvalue weighted by Gasteiger charge is 2.35. The predicted octanol–water partition coefficient (Wildman–Crippen LogP) is 18.0. The lowest BCUT2D eigenvalue weighted by Crippen LogP contribution is -2.53. The molecule has 2 unspecified atom stereocenters. The summed E-state index contributed by atoms with van der Waals surface area (Å²) in [5, 5.41) is 15.5. The first-order valence-electron chi connectivity index (χ1n) is 27.3. The molecule has 1 heterocycles. The van der Waals surface area contributed by atoms with E-state index in [0.717, 1.165) is 31.2 Å². The molecule has 1 aliphatic heterocycles. The van der Waals surface area contributed by atoms with Crippen LogP contribution in [0.4, 0.5) is 5.69 Å². The Morgan fingerprint density at radius 2 is 1.02 bits per heavy atom.